The Bertz CT molecular complexity index is 722. The lowest BCUT2D eigenvalue weighted by Crippen LogP contribution is -2.49. The Morgan fingerprint density at radius 2 is 1.77 bits per heavy atom. The van der Waals surface area contributed by atoms with Crippen LogP contribution >= 0.6 is 11.6 Å². The molecule has 0 fully saturated rings. The Kier molecular flexibility index (Phi) is 7.44. The van der Waals surface area contributed by atoms with Gasteiger partial charge in [0.15, 0.2) is 6.04 Å². The van der Waals surface area contributed by atoms with Crippen molar-refractivity contribution in [3.63, 3.8) is 0 Å². The quantitative estimate of drug-likeness (QED) is 0.648. The van der Waals surface area contributed by atoms with Crippen molar-refractivity contribution >= 4 is 23.6 Å². The van der Waals surface area contributed by atoms with Crippen LogP contribution in [0, 0.1) is 0 Å². The lowest BCUT2D eigenvalue weighted by atomic mass is 10.0. The van der Waals surface area contributed by atoms with Gasteiger partial charge in [0.05, 0.1) is 6.61 Å². The number of hydrogen-bond donors (Lipinski definition) is 3. The highest BCUT2D eigenvalue weighted by atomic mass is 35.5. The molecule has 0 aliphatic carbocycles. The Labute approximate surface area is 157 Å². The topological polar surface area (TPSA) is 87.7 Å². The average Bonchev–Trinajstić information content (AvgIpc) is 2.66. The Morgan fingerprint density at radius 1 is 1.12 bits per heavy atom. The van der Waals surface area contributed by atoms with Crippen LogP contribution in [0.15, 0.2) is 54.6 Å². The Balaban J connectivity index is 2.02. The van der Waals surface area contributed by atoms with Gasteiger partial charge in [-0.25, -0.2) is 9.59 Å². The van der Waals surface area contributed by atoms with Crippen molar-refractivity contribution in [2.75, 3.05) is 6.61 Å². The number of benzene rings is 2. The second kappa shape index (κ2) is 9.79. The Hall–Kier alpha value is -2.57. The van der Waals surface area contributed by atoms with Crippen molar-refractivity contribution in [2.24, 2.45) is 0 Å². The van der Waals surface area contributed by atoms with E-state index in [9.17, 15) is 14.7 Å². The lowest BCUT2D eigenvalue weighted by Gasteiger charge is -2.23. The highest BCUT2D eigenvalue weighted by Gasteiger charge is 2.30. The van der Waals surface area contributed by atoms with E-state index in [0.717, 1.165) is 5.56 Å². The van der Waals surface area contributed by atoms with Crippen LogP contribution in [0.2, 0.25) is 5.02 Å². The van der Waals surface area contributed by atoms with Gasteiger partial charge in [-0.1, -0.05) is 54.1 Å². The maximum Gasteiger partial charge on any atom is 0.331 e. The summed E-state index contributed by atoms with van der Waals surface area (Å²) in [6.07, 6.45) is -1.23. The molecule has 2 atom stereocenters. The number of aliphatic hydroxyl groups is 1. The second-order valence-electron chi connectivity index (χ2n) is 5.54. The number of urea groups is 1. The van der Waals surface area contributed by atoms with Gasteiger partial charge in [0.25, 0.3) is 0 Å². The fourth-order valence-electron chi connectivity index (χ4n) is 2.32. The highest BCUT2D eigenvalue weighted by molar-refractivity contribution is 6.30. The molecule has 6 nitrogen and oxygen atoms in total. The van der Waals surface area contributed by atoms with E-state index in [1.54, 1.807) is 61.5 Å². The van der Waals surface area contributed by atoms with E-state index in [-0.39, 0.29) is 13.2 Å². The number of amides is 2. The summed E-state index contributed by atoms with van der Waals surface area (Å²) in [5.41, 5.74) is 1.35. The number of carbonyl (C=O) groups excluding carboxylic acids is 2. The van der Waals surface area contributed by atoms with E-state index in [0.29, 0.717) is 10.6 Å². The van der Waals surface area contributed by atoms with E-state index in [1.807, 2.05) is 0 Å². The molecule has 2 rings (SSSR count). The van der Waals surface area contributed by atoms with E-state index in [1.165, 1.54) is 0 Å². The molecule has 3 N–H and O–H groups in total. The number of ether oxygens (including phenoxy) is 1. The standard InChI is InChI=1S/C19H21ClN2O4/c1-2-26-18(24)16(17(23)14-6-4-3-5-7-14)22-19(25)21-12-13-8-10-15(20)11-9-13/h3-11,16-17,23H,2,12H2,1H3,(H2,21,22,25). The maximum atomic E-state index is 12.2. The fraction of sp³-hybridized carbons (Fsp3) is 0.263. The van der Waals surface area contributed by atoms with Crippen LogP contribution in [0.1, 0.15) is 24.2 Å². The molecule has 7 heteroatoms. The molecule has 0 saturated heterocycles. The van der Waals surface area contributed by atoms with Gasteiger partial charge < -0.3 is 20.5 Å². The minimum atomic E-state index is -1.23. The molecule has 0 saturated carbocycles. The van der Waals surface area contributed by atoms with Gasteiger partial charge in [0.1, 0.15) is 6.10 Å². The second-order valence-corrected chi connectivity index (χ2v) is 5.98. The molecule has 0 aliphatic rings. The summed E-state index contributed by atoms with van der Waals surface area (Å²) in [4.78, 5) is 24.3. The number of aliphatic hydroxyl groups excluding tert-OH is 1. The third kappa shape index (κ3) is 5.75. The zero-order chi connectivity index (χ0) is 18.9. The van der Waals surface area contributed by atoms with Crippen LogP contribution in [0.25, 0.3) is 0 Å². The van der Waals surface area contributed by atoms with Crippen LogP contribution in [-0.2, 0) is 16.1 Å². The van der Waals surface area contributed by atoms with Gasteiger partial charge in [-0.2, -0.15) is 0 Å². The number of hydrogen-bond acceptors (Lipinski definition) is 4. The first-order valence-electron chi connectivity index (χ1n) is 8.19. The van der Waals surface area contributed by atoms with Crippen LogP contribution in [0.3, 0.4) is 0 Å². The number of rotatable bonds is 7. The lowest BCUT2D eigenvalue weighted by molar-refractivity contribution is -0.148. The molecule has 0 heterocycles. The predicted molar refractivity (Wildman–Crippen MR) is 98.6 cm³/mol. The molecule has 0 radical (unpaired) electrons. The summed E-state index contributed by atoms with van der Waals surface area (Å²) in [5, 5.41) is 16.2. The van der Waals surface area contributed by atoms with E-state index in [2.05, 4.69) is 10.6 Å². The molecule has 2 aromatic carbocycles. The first-order valence-corrected chi connectivity index (χ1v) is 8.57. The van der Waals surface area contributed by atoms with Gasteiger partial charge in [-0.05, 0) is 30.2 Å². The van der Waals surface area contributed by atoms with Crippen molar-refractivity contribution < 1.29 is 19.4 Å². The van der Waals surface area contributed by atoms with Crippen molar-refractivity contribution in [1.82, 2.24) is 10.6 Å². The maximum absolute atomic E-state index is 12.2. The van der Waals surface area contributed by atoms with Crippen LogP contribution in [0.4, 0.5) is 4.79 Å². The average molecular weight is 377 g/mol. The monoisotopic (exact) mass is 376 g/mol. The molecule has 0 spiro atoms. The van der Waals surface area contributed by atoms with Gasteiger partial charge in [0.2, 0.25) is 0 Å². The summed E-state index contributed by atoms with van der Waals surface area (Å²) in [6.45, 7) is 2.05. The summed E-state index contributed by atoms with van der Waals surface area (Å²) >= 11 is 5.82. The number of nitrogens with one attached hydrogen (secondary N) is 2. The summed E-state index contributed by atoms with van der Waals surface area (Å²) < 4.78 is 4.97. The molecule has 0 aliphatic heterocycles. The summed E-state index contributed by atoms with van der Waals surface area (Å²) in [6, 6.07) is 13.8. The molecule has 2 amide bonds. The van der Waals surface area contributed by atoms with Crippen molar-refractivity contribution in [3.8, 4) is 0 Å². The fourth-order valence-corrected chi connectivity index (χ4v) is 2.44. The van der Waals surface area contributed by atoms with Crippen molar-refractivity contribution in [3.05, 3.63) is 70.7 Å². The highest BCUT2D eigenvalue weighted by Crippen LogP contribution is 2.17. The van der Waals surface area contributed by atoms with Gasteiger partial charge >= 0.3 is 12.0 Å². The van der Waals surface area contributed by atoms with Gasteiger partial charge in [-0.3, -0.25) is 0 Å². The largest absolute Gasteiger partial charge is 0.464 e. The van der Waals surface area contributed by atoms with Crippen LogP contribution in [0.5, 0.6) is 0 Å². The molecule has 2 aromatic rings. The Morgan fingerprint density at radius 3 is 2.38 bits per heavy atom. The van der Waals surface area contributed by atoms with Crippen molar-refractivity contribution in [2.45, 2.75) is 25.6 Å². The van der Waals surface area contributed by atoms with Crippen molar-refractivity contribution in [1.29, 1.82) is 0 Å². The normalized spacial score (nSPS) is 12.7. The van der Waals surface area contributed by atoms with Crippen LogP contribution in [-0.4, -0.2) is 29.8 Å². The first-order chi connectivity index (χ1) is 12.5. The van der Waals surface area contributed by atoms with Crippen LogP contribution < -0.4 is 10.6 Å². The third-order valence-corrected chi connectivity index (χ3v) is 3.90. The van der Waals surface area contributed by atoms with Gasteiger partial charge in [0, 0.05) is 11.6 Å². The molecule has 138 valence electrons. The van der Waals surface area contributed by atoms with Gasteiger partial charge in [-0.15, -0.1) is 0 Å². The number of carbonyl (C=O) groups is 2. The third-order valence-electron chi connectivity index (χ3n) is 3.65. The number of esters is 1. The molecule has 2 unspecified atom stereocenters. The molecular weight excluding hydrogens is 356 g/mol. The number of halogens is 1. The SMILES string of the molecule is CCOC(=O)C(NC(=O)NCc1ccc(Cl)cc1)C(O)c1ccccc1. The first kappa shape index (κ1) is 19.8. The van der Waals surface area contributed by atoms with E-state index < -0.39 is 24.1 Å². The summed E-state index contributed by atoms with van der Waals surface area (Å²) in [7, 11) is 0. The predicted octanol–water partition coefficient (Wildman–Crippen LogP) is 2.80. The molecule has 26 heavy (non-hydrogen) atoms. The zero-order valence-electron chi connectivity index (χ0n) is 14.3. The minimum Gasteiger partial charge on any atom is -0.464 e. The molecule has 0 aromatic heterocycles. The molecule has 0 bridgehead atoms. The molecular formula is C19H21ClN2O4. The zero-order valence-corrected chi connectivity index (χ0v) is 15.1. The smallest absolute Gasteiger partial charge is 0.331 e. The minimum absolute atomic E-state index is 0.144. The summed E-state index contributed by atoms with van der Waals surface area (Å²) in [5.74, 6) is -0.703. The van der Waals surface area contributed by atoms with E-state index >= 15 is 0 Å². The van der Waals surface area contributed by atoms with E-state index in [4.69, 9.17) is 16.3 Å².